The fraction of sp³-hybridized carbons (Fsp3) is 1.00. The molecule has 0 aromatic heterocycles. The quantitative estimate of drug-likeness (QED) is 0.283. The molecule has 22 heavy (non-hydrogen) atoms. The molecule has 134 valence electrons. The summed E-state index contributed by atoms with van der Waals surface area (Å²) in [6.45, 7) is 3.45. The van der Waals surface area contributed by atoms with Crippen molar-refractivity contribution < 1.29 is 14.6 Å². The topological polar surface area (TPSA) is 90.7 Å². The second kappa shape index (κ2) is 17.2. The Morgan fingerprint density at radius 2 is 1.41 bits per heavy atom. The first kappa shape index (κ1) is 21.8. The second-order valence-electron chi connectivity index (χ2n) is 5.96. The lowest BCUT2D eigenvalue weighted by atomic mass is 10.1. The Morgan fingerprint density at radius 3 is 1.91 bits per heavy atom. The summed E-state index contributed by atoms with van der Waals surface area (Å²) in [6.07, 6.45) is 12.3. The predicted molar refractivity (Wildman–Crippen MR) is 91.7 cm³/mol. The van der Waals surface area contributed by atoms with Crippen LogP contribution in [-0.2, 0) is 9.47 Å². The van der Waals surface area contributed by atoms with Gasteiger partial charge in [0.05, 0.1) is 13.2 Å². The van der Waals surface area contributed by atoms with Gasteiger partial charge in [0.15, 0.2) is 0 Å². The van der Waals surface area contributed by atoms with Crippen molar-refractivity contribution in [3.8, 4) is 0 Å². The summed E-state index contributed by atoms with van der Waals surface area (Å²) in [5.41, 5.74) is 10.9. The number of hydrogen-bond acceptors (Lipinski definition) is 5. The zero-order valence-electron chi connectivity index (χ0n) is 14.5. The zero-order valence-corrected chi connectivity index (χ0v) is 14.5. The van der Waals surface area contributed by atoms with Gasteiger partial charge >= 0.3 is 0 Å². The predicted octanol–water partition coefficient (Wildman–Crippen LogP) is 2.54. The van der Waals surface area contributed by atoms with Gasteiger partial charge in [0.25, 0.3) is 0 Å². The Bertz CT molecular complexity index is 218. The highest BCUT2D eigenvalue weighted by Crippen LogP contribution is 2.10. The lowest BCUT2D eigenvalue weighted by Crippen LogP contribution is -2.36. The van der Waals surface area contributed by atoms with E-state index in [4.69, 9.17) is 20.9 Å². The minimum atomic E-state index is -0.477. The Labute approximate surface area is 136 Å². The van der Waals surface area contributed by atoms with Crippen LogP contribution in [0.25, 0.3) is 0 Å². The smallest absolute Gasteiger partial charge is 0.118 e. The highest BCUT2D eigenvalue weighted by Gasteiger charge is 2.10. The maximum absolute atomic E-state index is 9.20. The van der Waals surface area contributed by atoms with E-state index in [-0.39, 0.29) is 19.3 Å². The van der Waals surface area contributed by atoms with E-state index in [1.54, 1.807) is 0 Å². The minimum Gasteiger partial charge on any atom is -0.394 e. The summed E-state index contributed by atoms with van der Waals surface area (Å²) >= 11 is 0. The van der Waals surface area contributed by atoms with Gasteiger partial charge in [-0.25, -0.2) is 0 Å². The number of rotatable bonds is 17. The maximum atomic E-state index is 9.20. The molecule has 0 aliphatic carbocycles. The van der Waals surface area contributed by atoms with Crippen molar-refractivity contribution >= 4 is 0 Å². The van der Waals surface area contributed by atoms with E-state index in [1.165, 1.54) is 57.8 Å². The summed E-state index contributed by atoms with van der Waals surface area (Å²) in [4.78, 5) is 0. The fourth-order valence-electron chi connectivity index (χ4n) is 2.29. The molecule has 0 heterocycles. The van der Waals surface area contributed by atoms with Crippen molar-refractivity contribution in [3.63, 3.8) is 0 Å². The van der Waals surface area contributed by atoms with Gasteiger partial charge in [-0.15, -0.1) is 0 Å². The Hall–Kier alpha value is -0.200. The molecule has 0 spiro atoms. The second-order valence-corrected chi connectivity index (χ2v) is 5.96. The number of ether oxygens (including phenoxy) is 2. The maximum Gasteiger partial charge on any atom is 0.118 e. The van der Waals surface area contributed by atoms with Crippen LogP contribution in [0, 0.1) is 0 Å². The van der Waals surface area contributed by atoms with Crippen molar-refractivity contribution in [2.24, 2.45) is 11.5 Å². The summed E-state index contributed by atoms with van der Waals surface area (Å²) in [7, 11) is 0. The largest absolute Gasteiger partial charge is 0.394 e. The fourth-order valence-corrected chi connectivity index (χ4v) is 2.29. The molecule has 0 aromatic carbocycles. The van der Waals surface area contributed by atoms with E-state index in [2.05, 4.69) is 6.92 Å². The molecule has 0 aliphatic rings. The lowest BCUT2D eigenvalue weighted by molar-refractivity contribution is -0.0614. The monoisotopic (exact) mass is 318 g/mol. The number of aliphatic hydroxyl groups is 1. The zero-order chi connectivity index (χ0) is 16.5. The van der Waals surface area contributed by atoms with Crippen LogP contribution in [0.15, 0.2) is 0 Å². The van der Waals surface area contributed by atoms with Crippen LogP contribution < -0.4 is 11.5 Å². The first-order chi connectivity index (χ1) is 10.7. The average molecular weight is 319 g/mol. The minimum absolute atomic E-state index is 0.0466. The SMILES string of the molecule is CCCCCCCCCCCCOC(CO)COC(N)CN. The van der Waals surface area contributed by atoms with Crippen molar-refractivity contribution in [2.75, 3.05) is 26.4 Å². The Kier molecular flexibility index (Phi) is 17.0. The van der Waals surface area contributed by atoms with Gasteiger partial charge in [-0.05, 0) is 6.42 Å². The third-order valence-corrected chi connectivity index (χ3v) is 3.78. The molecule has 2 atom stereocenters. The van der Waals surface area contributed by atoms with Crippen LogP contribution in [0.4, 0.5) is 0 Å². The average Bonchev–Trinajstić information content (AvgIpc) is 2.54. The van der Waals surface area contributed by atoms with Crippen LogP contribution >= 0.6 is 0 Å². The van der Waals surface area contributed by atoms with Gasteiger partial charge in [-0.2, -0.15) is 0 Å². The number of unbranched alkanes of at least 4 members (excludes halogenated alkanes) is 9. The van der Waals surface area contributed by atoms with Gasteiger partial charge in [0, 0.05) is 13.2 Å². The molecule has 0 saturated heterocycles. The molecule has 0 saturated carbocycles. The van der Waals surface area contributed by atoms with Crippen molar-refractivity contribution in [1.82, 2.24) is 0 Å². The van der Waals surface area contributed by atoms with Crippen LogP contribution in [0.3, 0.4) is 0 Å². The molecule has 0 amide bonds. The Morgan fingerprint density at radius 1 is 0.864 bits per heavy atom. The third kappa shape index (κ3) is 14.7. The van der Waals surface area contributed by atoms with Crippen LogP contribution in [-0.4, -0.2) is 43.8 Å². The van der Waals surface area contributed by atoms with Gasteiger partial charge in [-0.3, -0.25) is 0 Å². The lowest BCUT2D eigenvalue weighted by Gasteiger charge is -2.18. The van der Waals surface area contributed by atoms with Crippen LogP contribution in [0.1, 0.15) is 71.1 Å². The highest BCUT2D eigenvalue weighted by atomic mass is 16.5. The van der Waals surface area contributed by atoms with Gasteiger partial charge in [0.1, 0.15) is 12.3 Å². The molecule has 0 fully saturated rings. The van der Waals surface area contributed by atoms with Crippen LogP contribution in [0.2, 0.25) is 0 Å². The number of nitrogens with two attached hydrogens (primary N) is 2. The summed E-state index contributed by atoms with van der Waals surface area (Å²) in [6, 6.07) is 0. The summed E-state index contributed by atoms with van der Waals surface area (Å²) in [5, 5.41) is 9.20. The van der Waals surface area contributed by atoms with E-state index in [0.717, 1.165) is 6.42 Å². The molecule has 5 N–H and O–H groups in total. The molecule has 0 aromatic rings. The first-order valence-electron chi connectivity index (χ1n) is 9.04. The van der Waals surface area contributed by atoms with Crippen molar-refractivity contribution in [1.29, 1.82) is 0 Å². The van der Waals surface area contributed by atoms with Gasteiger partial charge in [0.2, 0.25) is 0 Å². The normalized spacial score (nSPS) is 14.2. The molecule has 5 heteroatoms. The van der Waals surface area contributed by atoms with E-state index < -0.39 is 6.23 Å². The molecule has 0 radical (unpaired) electrons. The molecule has 5 nitrogen and oxygen atoms in total. The van der Waals surface area contributed by atoms with E-state index >= 15 is 0 Å². The summed E-state index contributed by atoms with van der Waals surface area (Å²) in [5.74, 6) is 0. The van der Waals surface area contributed by atoms with E-state index in [1.807, 2.05) is 0 Å². The van der Waals surface area contributed by atoms with Gasteiger partial charge < -0.3 is 26.0 Å². The van der Waals surface area contributed by atoms with Crippen molar-refractivity contribution in [2.45, 2.75) is 83.5 Å². The van der Waals surface area contributed by atoms with Crippen molar-refractivity contribution in [3.05, 3.63) is 0 Å². The standard InChI is InChI=1S/C17H38N2O3/c1-2-3-4-5-6-7-8-9-10-11-12-21-16(14-20)15-22-17(19)13-18/h16-17,20H,2-15,18-19H2,1H3. The Balaban J connectivity index is 3.29. The molecular weight excluding hydrogens is 280 g/mol. The molecule has 2 unspecified atom stereocenters. The summed E-state index contributed by atoms with van der Waals surface area (Å²) < 4.78 is 10.8. The molecule has 0 aliphatic heterocycles. The molecule has 0 rings (SSSR count). The molecular formula is C17H38N2O3. The number of hydrogen-bond donors (Lipinski definition) is 3. The number of aliphatic hydroxyl groups excluding tert-OH is 1. The molecule has 0 bridgehead atoms. The van der Waals surface area contributed by atoms with E-state index in [9.17, 15) is 5.11 Å². The van der Waals surface area contributed by atoms with E-state index in [0.29, 0.717) is 13.2 Å². The third-order valence-electron chi connectivity index (χ3n) is 3.78. The van der Waals surface area contributed by atoms with Crippen LogP contribution in [0.5, 0.6) is 0 Å². The highest BCUT2D eigenvalue weighted by molar-refractivity contribution is 4.57. The first-order valence-corrected chi connectivity index (χ1v) is 9.04. The van der Waals surface area contributed by atoms with Gasteiger partial charge in [-0.1, -0.05) is 64.7 Å².